The summed E-state index contributed by atoms with van der Waals surface area (Å²) >= 11 is 0. The van der Waals surface area contributed by atoms with Crippen LogP contribution in [0.3, 0.4) is 0 Å². The molecule has 1 N–H and O–H groups in total. The second kappa shape index (κ2) is 5.63. The number of nitrogens with zero attached hydrogens (tertiary/aromatic N) is 1. The molecule has 0 amide bonds. The lowest BCUT2D eigenvalue weighted by molar-refractivity contribution is -0.137. The molecule has 0 bridgehead atoms. The van der Waals surface area contributed by atoms with Gasteiger partial charge >= 0.3 is 5.97 Å². The summed E-state index contributed by atoms with van der Waals surface area (Å²) in [4.78, 5) is 14.9. The highest BCUT2D eigenvalue weighted by atomic mass is 16.4. The maximum absolute atomic E-state index is 10.5. The predicted octanol–water partition coefficient (Wildman–Crippen LogP) is 3.20. The van der Waals surface area contributed by atoms with Crippen LogP contribution in [0.5, 0.6) is 0 Å². The number of aliphatic carboxylic acids is 1. The minimum absolute atomic E-state index is 0.215. The minimum atomic E-state index is -0.739. The van der Waals surface area contributed by atoms with E-state index in [0.29, 0.717) is 6.42 Å². The molecule has 1 heterocycles. The molecule has 3 nitrogen and oxygen atoms in total. The standard InChI is InChI=1S/C15H17NO2/c1-2-11-6-7-14-13(8-11)9-12(10-16-14)4-3-5-15(17)18/h6-10H,2-5H2,1H3,(H,17,18). The van der Waals surface area contributed by atoms with E-state index < -0.39 is 5.97 Å². The Morgan fingerprint density at radius 3 is 2.78 bits per heavy atom. The summed E-state index contributed by atoms with van der Waals surface area (Å²) in [5.41, 5.74) is 3.40. The van der Waals surface area contributed by atoms with Crippen molar-refractivity contribution in [3.63, 3.8) is 0 Å². The van der Waals surface area contributed by atoms with Crippen molar-refractivity contribution in [3.05, 3.63) is 41.6 Å². The first-order chi connectivity index (χ1) is 8.69. The second-order valence-electron chi connectivity index (χ2n) is 4.47. The fourth-order valence-corrected chi connectivity index (χ4v) is 2.03. The molecule has 0 saturated heterocycles. The number of aryl methyl sites for hydroxylation is 2. The zero-order chi connectivity index (χ0) is 13.0. The summed E-state index contributed by atoms with van der Waals surface area (Å²) in [6.45, 7) is 2.13. The monoisotopic (exact) mass is 243 g/mol. The number of pyridine rings is 1. The van der Waals surface area contributed by atoms with Crippen LogP contribution < -0.4 is 0 Å². The molecule has 2 aromatic rings. The van der Waals surface area contributed by atoms with Crippen molar-refractivity contribution in [1.29, 1.82) is 0 Å². The van der Waals surface area contributed by atoms with E-state index in [2.05, 4.69) is 30.1 Å². The predicted molar refractivity (Wildman–Crippen MR) is 71.7 cm³/mol. The molecule has 0 fully saturated rings. The van der Waals surface area contributed by atoms with Gasteiger partial charge in [0, 0.05) is 18.0 Å². The van der Waals surface area contributed by atoms with Gasteiger partial charge < -0.3 is 5.11 Å². The van der Waals surface area contributed by atoms with Gasteiger partial charge in [0.15, 0.2) is 0 Å². The molecule has 0 aliphatic rings. The van der Waals surface area contributed by atoms with Crippen molar-refractivity contribution < 1.29 is 9.90 Å². The van der Waals surface area contributed by atoms with Crippen molar-refractivity contribution in [1.82, 2.24) is 4.98 Å². The summed E-state index contributed by atoms with van der Waals surface area (Å²) in [5.74, 6) is -0.739. The molecule has 0 atom stereocenters. The van der Waals surface area contributed by atoms with Crippen LogP contribution in [-0.2, 0) is 17.6 Å². The molecular weight excluding hydrogens is 226 g/mol. The number of carbonyl (C=O) groups is 1. The first kappa shape index (κ1) is 12.6. The van der Waals surface area contributed by atoms with E-state index in [1.807, 2.05) is 12.3 Å². The molecule has 0 aliphatic heterocycles. The van der Waals surface area contributed by atoms with Crippen molar-refractivity contribution in [2.45, 2.75) is 32.6 Å². The highest BCUT2D eigenvalue weighted by Crippen LogP contribution is 2.17. The third kappa shape index (κ3) is 3.06. The summed E-state index contributed by atoms with van der Waals surface area (Å²) in [7, 11) is 0. The van der Waals surface area contributed by atoms with Gasteiger partial charge in [-0.25, -0.2) is 0 Å². The highest BCUT2D eigenvalue weighted by molar-refractivity contribution is 5.79. The Morgan fingerprint density at radius 2 is 2.06 bits per heavy atom. The van der Waals surface area contributed by atoms with Crippen molar-refractivity contribution >= 4 is 16.9 Å². The lowest BCUT2D eigenvalue weighted by atomic mass is 10.0. The van der Waals surface area contributed by atoms with Gasteiger partial charge in [-0.2, -0.15) is 0 Å². The van der Waals surface area contributed by atoms with Gasteiger partial charge in [-0.15, -0.1) is 0 Å². The SMILES string of the molecule is CCc1ccc2ncc(CCCC(=O)O)cc2c1. The van der Waals surface area contributed by atoms with E-state index in [0.717, 1.165) is 29.3 Å². The molecule has 1 aromatic carbocycles. The summed E-state index contributed by atoms with van der Waals surface area (Å²) in [6, 6.07) is 8.40. The van der Waals surface area contributed by atoms with Crippen LogP contribution in [-0.4, -0.2) is 16.1 Å². The highest BCUT2D eigenvalue weighted by Gasteiger charge is 2.01. The summed E-state index contributed by atoms with van der Waals surface area (Å²) in [5, 5.41) is 9.76. The van der Waals surface area contributed by atoms with Crippen LogP contribution >= 0.6 is 0 Å². The Balaban J connectivity index is 2.17. The number of carboxylic acids is 1. The number of fused-ring (bicyclic) bond motifs is 1. The third-order valence-corrected chi connectivity index (χ3v) is 3.07. The Hall–Kier alpha value is -1.90. The molecular formula is C15H17NO2. The van der Waals surface area contributed by atoms with Gasteiger partial charge in [0.2, 0.25) is 0 Å². The molecule has 94 valence electrons. The van der Waals surface area contributed by atoms with Gasteiger partial charge in [-0.1, -0.05) is 13.0 Å². The molecule has 2 rings (SSSR count). The Morgan fingerprint density at radius 1 is 1.28 bits per heavy atom. The van der Waals surface area contributed by atoms with E-state index >= 15 is 0 Å². The minimum Gasteiger partial charge on any atom is -0.481 e. The van der Waals surface area contributed by atoms with E-state index in [-0.39, 0.29) is 6.42 Å². The molecule has 0 aliphatic carbocycles. The fourth-order valence-electron chi connectivity index (χ4n) is 2.03. The van der Waals surface area contributed by atoms with E-state index in [1.54, 1.807) is 0 Å². The zero-order valence-electron chi connectivity index (χ0n) is 10.5. The lowest BCUT2D eigenvalue weighted by Crippen LogP contribution is -1.96. The second-order valence-corrected chi connectivity index (χ2v) is 4.47. The first-order valence-electron chi connectivity index (χ1n) is 6.28. The molecule has 3 heteroatoms. The largest absolute Gasteiger partial charge is 0.481 e. The number of carboxylic acid groups (broad SMARTS) is 1. The van der Waals surface area contributed by atoms with Crippen LogP contribution in [0.4, 0.5) is 0 Å². The quantitative estimate of drug-likeness (QED) is 0.877. The molecule has 0 saturated carbocycles. The average Bonchev–Trinajstić information content (AvgIpc) is 2.37. The molecule has 0 spiro atoms. The zero-order valence-corrected chi connectivity index (χ0v) is 10.5. The lowest BCUT2D eigenvalue weighted by Gasteiger charge is -2.04. The third-order valence-electron chi connectivity index (χ3n) is 3.07. The number of benzene rings is 1. The van der Waals surface area contributed by atoms with E-state index in [1.165, 1.54) is 5.56 Å². The average molecular weight is 243 g/mol. The Kier molecular flexibility index (Phi) is 3.92. The van der Waals surface area contributed by atoms with Crippen LogP contribution in [0.15, 0.2) is 30.5 Å². The summed E-state index contributed by atoms with van der Waals surface area (Å²) in [6.07, 6.45) is 4.50. The van der Waals surface area contributed by atoms with Crippen molar-refractivity contribution in [2.75, 3.05) is 0 Å². The van der Waals surface area contributed by atoms with Crippen LogP contribution in [0.2, 0.25) is 0 Å². The number of hydrogen-bond acceptors (Lipinski definition) is 2. The maximum Gasteiger partial charge on any atom is 0.303 e. The summed E-state index contributed by atoms with van der Waals surface area (Å²) < 4.78 is 0. The van der Waals surface area contributed by atoms with Gasteiger partial charge in [0.05, 0.1) is 5.52 Å². The topological polar surface area (TPSA) is 50.2 Å². The fraction of sp³-hybridized carbons (Fsp3) is 0.333. The molecule has 18 heavy (non-hydrogen) atoms. The first-order valence-corrected chi connectivity index (χ1v) is 6.28. The van der Waals surface area contributed by atoms with E-state index in [4.69, 9.17) is 5.11 Å². The van der Waals surface area contributed by atoms with Crippen LogP contribution in [0.1, 0.15) is 30.9 Å². The maximum atomic E-state index is 10.5. The normalized spacial score (nSPS) is 10.7. The van der Waals surface area contributed by atoms with Crippen LogP contribution in [0.25, 0.3) is 10.9 Å². The Bertz CT molecular complexity index is 563. The van der Waals surface area contributed by atoms with Crippen molar-refractivity contribution in [2.24, 2.45) is 0 Å². The van der Waals surface area contributed by atoms with Gasteiger partial charge in [0.25, 0.3) is 0 Å². The Labute approximate surface area is 106 Å². The number of aromatic nitrogens is 1. The molecule has 1 aromatic heterocycles. The van der Waals surface area contributed by atoms with Crippen molar-refractivity contribution in [3.8, 4) is 0 Å². The van der Waals surface area contributed by atoms with Crippen LogP contribution in [0, 0.1) is 0 Å². The van der Waals surface area contributed by atoms with E-state index in [9.17, 15) is 4.79 Å². The van der Waals surface area contributed by atoms with Gasteiger partial charge in [-0.3, -0.25) is 9.78 Å². The van der Waals surface area contributed by atoms with Gasteiger partial charge in [-0.05, 0) is 48.6 Å². The van der Waals surface area contributed by atoms with Gasteiger partial charge in [0.1, 0.15) is 0 Å². The molecule has 0 radical (unpaired) electrons. The smallest absolute Gasteiger partial charge is 0.303 e. The molecule has 0 unspecified atom stereocenters. The number of rotatable bonds is 5. The number of hydrogen-bond donors (Lipinski definition) is 1.